The molecular weight excluding hydrogens is 260 g/mol. The number of benzene rings is 1. The van der Waals surface area contributed by atoms with Gasteiger partial charge in [-0.1, -0.05) is 23.7 Å². The van der Waals surface area contributed by atoms with Crippen molar-refractivity contribution in [1.82, 2.24) is 10.2 Å². The lowest BCUT2D eigenvalue weighted by Gasteiger charge is -2.27. The van der Waals surface area contributed by atoms with Crippen molar-refractivity contribution >= 4 is 17.5 Å². The summed E-state index contributed by atoms with van der Waals surface area (Å²) in [7, 11) is 1.90. The molecule has 1 aliphatic heterocycles. The predicted molar refractivity (Wildman–Crippen MR) is 78.4 cm³/mol. The molecule has 0 aromatic heterocycles. The normalized spacial score (nSPS) is 16.3. The van der Waals surface area contributed by atoms with Gasteiger partial charge in [0.15, 0.2) is 0 Å². The van der Waals surface area contributed by atoms with E-state index in [1.807, 2.05) is 36.2 Å². The second kappa shape index (κ2) is 6.92. The minimum Gasteiger partial charge on any atom is -0.345 e. The Balaban J connectivity index is 1.84. The molecule has 0 spiro atoms. The van der Waals surface area contributed by atoms with Crippen LogP contribution in [0.25, 0.3) is 0 Å². The van der Waals surface area contributed by atoms with Gasteiger partial charge in [0.25, 0.3) is 0 Å². The standard InChI is InChI=1S/C15H21ClN2O/c1-18(11-12-5-7-17-8-6-12)15(19)10-13-3-2-4-14(16)9-13/h2-4,9,12,17H,5-8,10-11H2,1H3. The Labute approximate surface area is 119 Å². The third-order valence-corrected chi connectivity index (χ3v) is 3.90. The molecule has 1 aliphatic rings. The van der Waals surface area contributed by atoms with Crippen LogP contribution in [0.2, 0.25) is 5.02 Å². The lowest BCUT2D eigenvalue weighted by molar-refractivity contribution is -0.129. The molecule has 104 valence electrons. The summed E-state index contributed by atoms with van der Waals surface area (Å²) < 4.78 is 0. The molecule has 0 saturated carbocycles. The quantitative estimate of drug-likeness (QED) is 0.918. The fraction of sp³-hybridized carbons (Fsp3) is 0.533. The second-order valence-corrected chi connectivity index (χ2v) is 5.71. The van der Waals surface area contributed by atoms with Crippen LogP contribution in [-0.4, -0.2) is 37.5 Å². The summed E-state index contributed by atoms with van der Waals surface area (Å²) >= 11 is 5.93. The zero-order valence-electron chi connectivity index (χ0n) is 11.4. The minimum absolute atomic E-state index is 0.167. The van der Waals surface area contributed by atoms with E-state index in [1.54, 1.807) is 0 Å². The molecule has 1 aromatic carbocycles. The van der Waals surface area contributed by atoms with Crippen LogP contribution in [0.15, 0.2) is 24.3 Å². The molecule has 0 unspecified atom stereocenters. The molecule has 1 heterocycles. The van der Waals surface area contributed by atoms with Gasteiger partial charge in [-0.25, -0.2) is 0 Å². The Hall–Kier alpha value is -1.06. The van der Waals surface area contributed by atoms with E-state index in [0.29, 0.717) is 17.4 Å². The number of likely N-dealkylation sites (N-methyl/N-ethyl adjacent to an activating group) is 1. The predicted octanol–water partition coefficient (Wildman–Crippen LogP) is 2.34. The van der Waals surface area contributed by atoms with Gasteiger partial charge in [-0.2, -0.15) is 0 Å². The number of piperidine rings is 1. The zero-order chi connectivity index (χ0) is 13.7. The number of hydrogen-bond acceptors (Lipinski definition) is 2. The second-order valence-electron chi connectivity index (χ2n) is 5.27. The van der Waals surface area contributed by atoms with Crippen molar-refractivity contribution in [3.05, 3.63) is 34.9 Å². The molecule has 0 aliphatic carbocycles. The smallest absolute Gasteiger partial charge is 0.226 e. The zero-order valence-corrected chi connectivity index (χ0v) is 12.1. The highest BCUT2D eigenvalue weighted by atomic mass is 35.5. The number of hydrogen-bond donors (Lipinski definition) is 1. The summed E-state index contributed by atoms with van der Waals surface area (Å²) in [6.07, 6.45) is 2.76. The molecule has 3 nitrogen and oxygen atoms in total. The topological polar surface area (TPSA) is 32.3 Å². The molecule has 1 amide bonds. The number of amides is 1. The summed E-state index contributed by atoms with van der Waals surface area (Å²) in [5.74, 6) is 0.801. The summed E-state index contributed by atoms with van der Waals surface area (Å²) in [5.41, 5.74) is 0.981. The van der Waals surface area contributed by atoms with E-state index in [4.69, 9.17) is 11.6 Å². The Morgan fingerprint density at radius 1 is 1.42 bits per heavy atom. The van der Waals surface area contributed by atoms with E-state index in [2.05, 4.69) is 5.32 Å². The maximum atomic E-state index is 12.2. The van der Waals surface area contributed by atoms with Crippen molar-refractivity contribution in [3.63, 3.8) is 0 Å². The van der Waals surface area contributed by atoms with Crippen LogP contribution < -0.4 is 5.32 Å². The van der Waals surface area contributed by atoms with Crippen molar-refractivity contribution in [2.45, 2.75) is 19.3 Å². The van der Waals surface area contributed by atoms with Crippen LogP contribution in [-0.2, 0) is 11.2 Å². The first-order valence-corrected chi connectivity index (χ1v) is 7.22. The van der Waals surface area contributed by atoms with E-state index >= 15 is 0 Å². The average molecular weight is 281 g/mol. The van der Waals surface area contributed by atoms with Gasteiger partial charge in [0, 0.05) is 18.6 Å². The molecule has 2 rings (SSSR count). The van der Waals surface area contributed by atoms with Crippen LogP contribution in [0, 0.1) is 5.92 Å². The Kier molecular flexibility index (Phi) is 5.23. The SMILES string of the molecule is CN(CC1CCNCC1)C(=O)Cc1cccc(Cl)c1. The molecule has 4 heteroatoms. The van der Waals surface area contributed by atoms with Crippen molar-refractivity contribution in [2.24, 2.45) is 5.92 Å². The molecule has 1 fully saturated rings. The number of carbonyl (C=O) groups is 1. The fourth-order valence-corrected chi connectivity index (χ4v) is 2.72. The number of halogens is 1. The van der Waals surface area contributed by atoms with E-state index in [1.165, 1.54) is 0 Å². The average Bonchev–Trinajstić information content (AvgIpc) is 2.40. The maximum Gasteiger partial charge on any atom is 0.226 e. The summed E-state index contributed by atoms with van der Waals surface area (Å²) in [6.45, 7) is 3.00. The summed E-state index contributed by atoms with van der Waals surface area (Å²) in [6, 6.07) is 7.52. The molecular formula is C15H21ClN2O. The van der Waals surface area contributed by atoms with Gasteiger partial charge in [0.05, 0.1) is 6.42 Å². The summed E-state index contributed by atoms with van der Waals surface area (Å²) in [4.78, 5) is 14.0. The first kappa shape index (κ1) is 14.4. The Bertz CT molecular complexity index is 430. The third-order valence-electron chi connectivity index (χ3n) is 3.66. The first-order valence-electron chi connectivity index (χ1n) is 6.84. The highest BCUT2D eigenvalue weighted by Gasteiger charge is 2.18. The molecule has 1 saturated heterocycles. The molecule has 0 atom stereocenters. The molecule has 0 bridgehead atoms. The fourth-order valence-electron chi connectivity index (χ4n) is 2.51. The van der Waals surface area contributed by atoms with Crippen molar-refractivity contribution in [3.8, 4) is 0 Å². The van der Waals surface area contributed by atoms with Crippen molar-refractivity contribution < 1.29 is 4.79 Å². The summed E-state index contributed by atoms with van der Waals surface area (Å²) in [5, 5.41) is 4.03. The van der Waals surface area contributed by atoms with E-state index in [0.717, 1.165) is 38.0 Å². The van der Waals surface area contributed by atoms with Gasteiger partial charge in [-0.15, -0.1) is 0 Å². The van der Waals surface area contributed by atoms with Gasteiger partial charge in [-0.05, 0) is 49.5 Å². The van der Waals surface area contributed by atoms with Gasteiger partial charge in [0.2, 0.25) is 5.91 Å². The monoisotopic (exact) mass is 280 g/mol. The lowest BCUT2D eigenvalue weighted by atomic mass is 9.97. The third kappa shape index (κ3) is 4.51. The van der Waals surface area contributed by atoms with E-state index in [9.17, 15) is 4.79 Å². The number of carbonyl (C=O) groups excluding carboxylic acids is 1. The van der Waals surface area contributed by atoms with E-state index < -0.39 is 0 Å². The number of nitrogens with zero attached hydrogens (tertiary/aromatic N) is 1. The van der Waals surface area contributed by atoms with Crippen LogP contribution in [0.1, 0.15) is 18.4 Å². The largest absolute Gasteiger partial charge is 0.345 e. The van der Waals surface area contributed by atoms with Crippen molar-refractivity contribution in [2.75, 3.05) is 26.7 Å². The molecule has 0 radical (unpaired) electrons. The van der Waals surface area contributed by atoms with Crippen LogP contribution in [0.5, 0.6) is 0 Å². The highest BCUT2D eigenvalue weighted by Crippen LogP contribution is 2.15. The number of rotatable bonds is 4. The Morgan fingerprint density at radius 2 is 2.16 bits per heavy atom. The van der Waals surface area contributed by atoms with Gasteiger partial charge in [-0.3, -0.25) is 4.79 Å². The Morgan fingerprint density at radius 3 is 2.84 bits per heavy atom. The van der Waals surface area contributed by atoms with Crippen molar-refractivity contribution in [1.29, 1.82) is 0 Å². The van der Waals surface area contributed by atoms with Crippen LogP contribution >= 0.6 is 11.6 Å². The molecule has 1 aromatic rings. The minimum atomic E-state index is 0.167. The lowest BCUT2D eigenvalue weighted by Crippen LogP contribution is -2.37. The van der Waals surface area contributed by atoms with Crippen LogP contribution in [0.3, 0.4) is 0 Å². The van der Waals surface area contributed by atoms with E-state index in [-0.39, 0.29) is 5.91 Å². The highest BCUT2D eigenvalue weighted by molar-refractivity contribution is 6.30. The molecule has 19 heavy (non-hydrogen) atoms. The maximum absolute atomic E-state index is 12.2. The van der Waals surface area contributed by atoms with Crippen LogP contribution in [0.4, 0.5) is 0 Å². The van der Waals surface area contributed by atoms with Gasteiger partial charge >= 0.3 is 0 Å². The first-order chi connectivity index (χ1) is 9.15. The number of nitrogens with one attached hydrogen (secondary N) is 1. The molecule has 1 N–H and O–H groups in total. The van der Waals surface area contributed by atoms with Gasteiger partial charge in [0.1, 0.15) is 0 Å². The van der Waals surface area contributed by atoms with Gasteiger partial charge < -0.3 is 10.2 Å².